The maximum atomic E-state index is 12.6. The van der Waals surface area contributed by atoms with Gasteiger partial charge >= 0.3 is 0 Å². The first-order chi connectivity index (χ1) is 11.4. The van der Waals surface area contributed by atoms with Gasteiger partial charge in [0.15, 0.2) is 11.5 Å². The van der Waals surface area contributed by atoms with E-state index < -0.39 is 10.0 Å². The summed E-state index contributed by atoms with van der Waals surface area (Å²) in [5.74, 6) is 1.23. The van der Waals surface area contributed by atoms with Crippen LogP contribution in [0.3, 0.4) is 0 Å². The molecular formula is C17H20BrNO4S. The van der Waals surface area contributed by atoms with Crippen LogP contribution >= 0.6 is 15.9 Å². The summed E-state index contributed by atoms with van der Waals surface area (Å²) in [4.78, 5) is 0.256. The van der Waals surface area contributed by atoms with Crippen LogP contribution in [0, 0.1) is 0 Å². The van der Waals surface area contributed by atoms with Gasteiger partial charge in [-0.1, -0.05) is 22.0 Å². The molecule has 130 valence electrons. The van der Waals surface area contributed by atoms with Gasteiger partial charge in [-0.2, -0.15) is 4.31 Å². The molecule has 0 aliphatic carbocycles. The monoisotopic (exact) mass is 413 g/mol. The molecular weight excluding hydrogens is 394 g/mol. The number of ether oxygens (including phenoxy) is 2. The van der Waals surface area contributed by atoms with Gasteiger partial charge in [0, 0.05) is 18.1 Å². The van der Waals surface area contributed by atoms with Crippen molar-refractivity contribution in [1.82, 2.24) is 4.31 Å². The van der Waals surface area contributed by atoms with Gasteiger partial charge in [0.2, 0.25) is 10.0 Å². The lowest BCUT2D eigenvalue weighted by Gasteiger charge is -2.18. The van der Waals surface area contributed by atoms with Crippen LogP contribution in [0.5, 0.6) is 11.5 Å². The predicted molar refractivity (Wildman–Crippen MR) is 97.0 cm³/mol. The molecule has 7 heteroatoms. The van der Waals surface area contributed by atoms with Gasteiger partial charge in [0.1, 0.15) is 0 Å². The fourth-order valence-electron chi connectivity index (χ4n) is 2.21. The van der Waals surface area contributed by atoms with E-state index in [1.165, 1.54) is 4.31 Å². The van der Waals surface area contributed by atoms with Crippen molar-refractivity contribution >= 4 is 26.0 Å². The Morgan fingerprint density at radius 2 is 1.75 bits per heavy atom. The van der Waals surface area contributed by atoms with E-state index in [9.17, 15) is 8.42 Å². The summed E-state index contributed by atoms with van der Waals surface area (Å²) in [5.41, 5.74) is 0.818. The van der Waals surface area contributed by atoms with Crippen LogP contribution in [-0.2, 0) is 16.6 Å². The average molecular weight is 414 g/mol. The molecule has 0 aliphatic heterocycles. The summed E-state index contributed by atoms with van der Waals surface area (Å²) in [6, 6.07) is 12.0. The van der Waals surface area contributed by atoms with Gasteiger partial charge < -0.3 is 9.47 Å². The van der Waals surface area contributed by atoms with E-state index in [2.05, 4.69) is 15.9 Å². The highest BCUT2D eigenvalue weighted by atomic mass is 79.9. The Kier molecular flexibility index (Phi) is 6.26. The van der Waals surface area contributed by atoms with Crippen molar-refractivity contribution in [2.45, 2.75) is 18.4 Å². The summed E-state index contributed by atoms with van der Waals surface area (Å²) in [5, 5.41) is 0. The minimum Gasteiger partial charge on any atom is -0.493 e. The molecule has 0 bridgehead atoms. The van der Waals surface area contributed by atoms with Gasteiger partial charge in [0.25, 0.3) is 0 Å². The molecule has 2 rings (SSSR count). The highest BCUT2D eigenvalue weighted by Gasteiger charge is 2.21. The fourth-order valence-corrected chi connectivity index (χ4v) is 3.64. The van der Waals surface area contributed by atoms with Crippen molar-refractivity contribution in [1.29, 1.82) is 0 Å². The third-order valence-corrected chi connectivity index (χ3v) is 5.80. The fraction of sp³-hybridized carbons (Fsp3) is 0.294. The van der Waals surface area contributed by atoms with Gasteiger partial charge in [0.05, 0.1) is 18.6 Å². The molecule has 5 nitrogen and oxygen atoms in total. The number of benzene rings is 2. The topological polar surface area (TPSA) is 55.8 Å². The highest BCUT2D eigenvalue weighted by Crippen LogP contribution is 2.29. The van der Waals surface area contributed by atoms with E-state index in [1.54, 1.807) is 50.6 Å². The zero-order chi connectivity index (χ0) is 17.7. The SMILES string of the molecule is CCOc1ccc(CN(C)S(=O)(=O)c2ccc(Br)cc2)cc1OC. The van der Waals surface area contributed by atoms with Gasteiger partial charge in [-0.25, -0.2) is 8.42 Å². The second-order valence-electron chi connectivity index (χ2n) is 5.13. The number of hydrogen-bond donors (Lipinski definition) is 0. The molecule has 2 aromatic carbocycles. The van der Waals surface area contributed by atoms with Crippen LogP contribution in [0.25, 0.3) is 0 Å². The smallest absolute Gasteiger partial charge is 0.243 e. The van der Waals surface area contributed by atoms with Crippen LogP contribution in [0.4, 0.5) is 0 Å². The molecule has 2 aromatic rings. The van der Waals surface area contributed by atoms with Crippen molar-refractivity contribution in [3.63, 3.8) is 0 Å². The first-order valence-electron chi connectivity index (χ1n) is 7.40. The molecule has 0 radical (unpaired) electrons. The Bertz CT molecular complexity index is 791. The summed E-state index contributed by atoms with van der Waals surface area (Å²) in [7, 11) is -0.438. The standard InChI is InChI=1S/C17H20BrNO4S/c1-4-23-16-10-5-13(11-17(16)22-3)12-19(2)24(20,21)15-8-6-14(18)7-9-15/h5-11H,4,12H2,1-3H3. The molecule has 0 heterocycles. The van der Waals surface area contributed by atoms with Crippen LogP contribution in [0.15, 0.2) is 51.8 Å². The first kappa shape index (κ1) is 18.8. The molecule has 24 heavy (non-hydrogen) atoms. The molecule has 0 amide bonds. The maximum absolute atomic E-state index is 12.6. The normalized spacial score (nSPS) is 11.5. The van der Waals surface area contributed by atoms with E-state index in [-0.39, 0.29) is 11.4 Å². The molecule has 0 unspecified atom stereocenters. The van der Waals surface area contributed by atoms with Crippen LogP contribution < -0.4 is 9.47 Å². The Balaban J connectivity index is 2.22. The van der Waals surface area contributed by atoms with Gasteiger partial charge in [-0.3, -0.25) is 0 Å². The van der Waals surface area contributed by atoms with Crippen molar-refractivity contribution in [2.75, 3.05) is 20.8 Å². The van der Waals surface area contributed by atoms with Crippen LogP contribution in [0.1, 0.15) is 12.5 Å². The Labute approximate surface area is 151 Å². The van der Waals surface area contributed by atoms with Gasteiger partial charge in [-0.05, 0) is 48.9 Å². The van der Waals surface area contributed by atoms with Crippen molar-refractivity contribution < 1.29 is 17.9 Å². The molecule has 0 fully saturated rings. The molecule has 0 aliphatic rings. The van der Waals surface area contributed by atoms with Crippen LogP contribution in [0.2, 0.25) is 0 Å². The largest absolute Gasteiger partial charge is 0.493 e. The number of rotatable bonds is 7. The van der Waals surface area contributed by atoms with E-state index in [0.29, 0.717) is 18.1 Å². The first-order valence-corrected chi connectivity index (χ1v) is 9.63. The van der Waals surface area contributed by atoms with E-state index in [1.807, 2.05) is 13.0 Å². The number of sulfonamides is 1. The average Bonchev–Trinajstić information content (AvgIpc) is 2.56. The molecule has 0 N–H and O–H groups in total. The second kappa shape index (κ2) is 8.00. The number of halogens is 1. The molecule has 0 aromatic heterocycles. The highest BCUT2D eigenvalue weighted by molar-refractivity contribution is 9.10. The Morgan fingerprint density at radius 1 is 1.08 bits per heavy atom. The van der Waals surface area contributed by atoms with Gasteiger partial charge in [-0.15, -0.1) is 0 Å². The zero-order valence-electron chi connectivity index (χ0n) is 13.8. The second-order valence-corrected chi connectivity index (χ2v) is 8.09. The van der Waals surface area contributed by atoms with E-state index in [0.717, 1.165) is 10.0 Å². The van der Waals surface area contributed by atoms with Crippen molar-refractivity contribution in [2.24, 2.45) is 0 Å². The Morgan fingerprint density at radius 3 is 2.33 bits per heavy atom. The molecule has 0 atom stereocenters. The lowest BCUT2D eigenvalue weighted by molar-refractivity contribution is 0.310. The summed E-state index contributed by atoms with van der Waals surface area (Å²) >= 11 is 3.30. The molecule has 0 saturated carbocycles. The van der Waals surface area contributed by atoms with E-state index in [4.69, 9.17) is 9.47 Å². The van der Waals surface area contributed by atoms with E-state index >= 15 is 0 Å². The lowest BCUT2D eigenvalue weighted by Crippen LogP contribution is -2.26. The summed E-state index contributed by atoms with van der Waals surface area (Å²) in [6.45, 7) is 2.67. The molecule has 0 spiro atoms. The van der Waals surface area contributed by atoms with Crippen LogP contribution in [-0.4, -0.2) is 33.5 Å². The predicted octanol–water partition coefficient (Wildman–Crippen LogP) is 3.68. The lowest BCUT2D eigenvalue weighted by atomic mass is 10.2. The third kappa shape index (κ3) is 4.28. The number of nitrogens with zero attached hydrogens (tertiary/aromatic N) is 1. The Hall–Kier alpha value is -1.57. The summed E-state index contributed by atoms with van der Waals surface area (Å²) in [6.07, 6.45) is 0. The summed E-state index contributed by atoms with van der Waals surface area (Å²) < 4.78 is 38.2. The minimum absolute atomic E-state index is 0.237. The number of hydrogen-bond acceptors (Lipinski definition) is 4. The van der Waals surface area contributed by atoms with Crippen molar-refractivity contribution in [3.05, 3.63) is 52.5 Å². The third-order valence-electron chi connectivity index (χ3n) is 3.45. The quantitative estimate of drug-likeness (QED) is 0.694. The minimum atomic E-state index is -3.55. The maximum Gasteiger partial charge on any atom is 0.243 e. The molecule has 0 saturated heterocycles. The zero-order valence-corrected chi connectivity index (χ0v) is 16.2. The van der Waals surface area contributed by atoms with Crippen molar-refractivity contribution in [3.8, 4) is 11.5 Å². The number of methoxy groups -OCH3 is 1.